The molecule has 0 fully saturated rings. The number of thioether (sulfide) groups is 1. The average molecular weight is 368 g/mol. The molecule has 2 heterocycles. The van der Waals surface area contributed by atoms with Gasteiger partial charge in [-0.3, -0.25) is 0 Å². The number of benzene rings is 1. The van der Waals surface area contributed by atoms with E-state index in [4.69, 9.17) is 17.3 Å². The topological polar surface area (TPSA) is 69.1 Å². The van der Waals surface area contributed by atoms with Gasteiger partial charge < -0.3 is 5.73 Å². The maximum atomic E-state index is 6.01. The highest BCUT2D eigenvalue weighted by molar-refractivity contribution is 8.00. The number of nitrogens with zero attached hydrogens (tertiary/aromatic N) is 4. The Hall–Kier alpha value is -1.15. The number of unbranched alkanes of at least 4 members (excludes halogenated alkanes) is 2. The molecular formula is C15H18ClN5S2. The Kier molecular flexibility index (Phi) is 5.88. The number of halogens is 1. The Bertz CT molecular complexity index is 770. The van der Waals surface area contributed by atoms with Crippen molar-refractivity contribution in [1.29, 1.82) is 0 Å². The van der Waals surface area contributed by atoms with E-state index in [1.165, 1.54) is 5.56 Å². The number of nitrogens with two attached hydrogens (primary N) is 1. The van der Waals surface area contributed by atoms with E-state index < -0.39 is 0 Å². The second-order valence-electron chi connectivity index (χ2n) is 5.20. The summed E-state index contributed by atoms with van der Waals surface area (Å²) in [6, 6.07) is 7.91. The fourth-order valence-electron chi connectivity index (χ4n) is 2.23. The van der Waals surface area contributed by atoms with Crippen molar-refractivity contribution in [3.05, 3.63) is 40.7 Å². The van der Waals surface area contributed by atoms with Gasteiger partial charge in [0.05, 0.1) is 0 Å². The highest BCUT2D eigenvalue weighted by atomic mass is 35.5. The fourth-order valence-corrected chi connectivity index (χ4v) is 4.28. The molecule has 0 aliphatic rings. The van der Waals surface area contributed by atoms with Gasteiger partial charge in [0.1, 0.15) is 0 Å². The fraction of sp³-hybridized carbons (Fsp3) is 0.400. The van der Waals surface area contributed by atoms with Crippen LogP contribution in [-0.2, 0) is 12.2 Å². The summed E-state index contributed by atoms with van der Waals surface area (Å²) >= 11 is 9.28. The first-order valence-electron chi connectivity index (χ1n) is 7.54. The highest BCUT2D eigenvalue weighted by Crippen LogP contribution is 2.28. The van der Waals surface area contributed by atoms with Crippen molar-refractivity contribution in [1.82, 2.24) is 19.8 Å². The predicted molar refractivity (Wildman–Crippen MR) is 96.3 cm³/mol. The summed E-state index contributed by atoms with van der Waals surface area (Å²) in [5.74, 6) is 1.78. The van der Waals surface area contributed by atoms with Crippen molar-refractivity contribution >= 4 is 39.7 Å². The third-order valence-electron chi connectivity index (χ3n) is 3.39. The zero-order valence-corrected chi connectivity index (χ0v) is 15.0. The third-order valence-corrected chi connectivity index (χ3v) is 5.73. The molecule has 5 nitrogen and oxygen atoms in total. The smallest absolute Gasteiger partial charge is 0.235 e. The Morgan fingerprint density at radius 2 is 2.13 bits per heavy atom. The van der Waals surface area contributed by atoms with Crippen molar-refractivity contribution in [3.63, 3.8) is 0 Å². The minimum Gasteiger partial charge on any atom is -0.330 e. The number of hydrogen-bond donors (Lipinski definition) is 1. The lowest BCUT2D eigenvalue weighted by Gasteiger charge is -1.99. The van der Waals surface area contributed by atoms with Crippen LogP contribution in [0.5, 0.6) is 0 Å². The predicted octanol–water partition coefficient (Wildman–Crippen LogP) is 3.80. The molecule has 23 heavy (non-hydrogen) atoms. The molecule has 1 aromatic carbocycles. The summed E-state index contributed by atoms with van der Waals surface area (Å²) in [4.78, 5) is 0.854. The van der Waals surface area contributed by atoms with Crippen molar-refractivity contribution in [2.45, 2.75) is 35.8 Å². The number of fused-ring (bicyclic) bond motifs is 1. The van der Waals surface area contributed by atoms with Gasteiger partial charge in [0.25, 0.3) is 0 Å². The van der Waals surface area contributed by atoms with E-state index in [1.807, 2.05) is 22.7 Å². The number of aromatic nitrogens is 4. The molecule has 0 saturated carbocycles. The van der Waals surface area contributed by atoms with E-state index in [2.05, 4.69) is 21.4 Å². The zero-order chi connectivity index (χ0) is 16.1. The Labute approximate surface area is 148 Å². The van der Waals surface area contributed by atoms with Crippen LogP contribution in [0.4, 0.5) is 0 Å². The van der Waals surface area contributed by atoms with Crippen molar-refractivity contribution in [2.75, 3.05) is 6.54 Å². The lowest BCUT2D eigenvalue weighted by atomic mass is 10.2. The zero-order valence-electron chi connectivity index (χ0n) is 12.6. The normalized spacial score (nSPS) is 11.4. The van der Waals surface area contributed by atoms with Gasteiger partial charge in [-0.1, -0.05) is 53.3 Å². The molecule has 0 unspecified atom stereocenters. The Morgan fingerprint density at radius 1 is 1.22 bits per heavy atom. The monoisotopic (exact) mass is 367 g/mol. The molecule has 3 aromatic rings. The van der Waals surface area contributed by atoms with Gasteiger partial charge in [-0.2, -0.15) is 4.52 Å². The molecule has 122 valence electrons. The summed E-state index contributed by atoms with van der Waals surface area (Å²) in [5.41, 5.74) is 6.71. The van der Waals surface area contributed by atoms with Gasteiger partial charge in [0.2, 0.25) is 4.96 Å². The second kappa shape index (κ2) is 8.10. The van der Waals surface area contributed by atoms with Crippen molar-refractivity contribution in [2.24, 2.45) is 5.73 Å². The van der Waals surface area contributed by atoms with E-state index in [0.717, 1.165) is 58.1 Å². The molecule has 8 heteroatoms. The molecule has 0 atom stereocenters. The molecular weight excluding hydrogens is 350 g/mol. The van der Waals surface area contributed by atoms with Crippen molar-refractivity contribution < 1.29 is 0 Å². The van der Waals surface area contributed by atoms with Crippen molar-refractivity contribution in [3.8, 4) is 0 Å². The van der Waals surface area contributed by atoms with Gasteiger partial charge in [0.15, 0.2) is 10.2 Å². The molecule has 0 aliphatic carbocycles. The lowest BCUT2D eigenvalue weighted by Crippen LogP contribution is -2.00. The van der Waals surface area contributed by atoms with E-state index in [0.29, 0.717) is 0 Å². The summed E-state index contributed by atoms with van der Waals surface area (Å²) in [5, 5.41) is 13.8. The van der Waals surface area contributed by atoms with Gasteiger partial charge >= 0.3 is 0 Å². The highest BCUT2D eigenvalue weighted by Gasteiger charge is 2.12. The van der Waals surface area contributed by atoms with Crippen LogP contribution in [0.3, 0.4) is 0 Å². The summed E-state index contributed by atoms with van der Waals surface area (Å²) < 4.78 is 2.87. The Balaban J connectivity index is 1.62. The summed E-state index contributed by atoms with van der Waals surface area (Å²) in [7, 11) is 0. The third kappa shape index (κ3) is 4.44. The summed E-state index contributed by atoms with van der Waals surface area (Å²) in [6.45, 7) is 0.746. The molecule has 3 rings (SSSR count). The molecule has 0 saturated heterocycles. The molecule has 2 N–H and O–H groups in total. The van der Waals surface area contributed by atoms with Gasteiger partial charge in [0, 0.05) is 17.2 Å². The van der Waals surface area contributed by atoms with Crippen LogP contribution < -0.4 is 5.73 Å². The van der Waals surface area contributed by atoms with Crippen LogP contribution in [0.25, 0.3) is 4.96 Å². The number of hydrogen-bond acceptors (Lipinski definition) is 6. The molecule has 0 aliphatic heterocycles. The first-order chi connectivity index (χ1) is 11.3. The van der Waals surface area contributed by atoms with Crippen LogP contribution in [0.1, 0.15) is 30.7 Å². The molecule has 0 radical (unpaired) electrons. The molecule has 0 bridgehead atoms. The Morgan fingerprint density at radius 3 is 2.96 bits per heavy atom. The largest absolute Gasteiger partial charge is 0.330 e. The number of aryl methyl sites for hydroxylation is 1. The van der Waals surface area contributed by atoms with E-state index in [-0.39, 0.29) is 0 Å². The first kappa shape index (κ1) is 16.7. The van der Waals surface area contributed by atoms with Crippen LogP contribution in [0.15, 0.2) is 28.6 Å². The van der Waals surface area contributed by atoms with Gasteiger partial charge in [-0.25, -0.2) is 0 Å². The van der Waals surface area contributed by atoms with Crippen LogP contribution in [-0.4, -0.2) is 26.4 Å². The maximum Gasteiger partial charge on any atom is 0.235 e. The first-order valence-corrected chi connectivity index (χ1v) is 9.72. The second-order valence-corrected chi connectivity index (χ2v) is 7.81. The van der Waals surface area contributed by atoms with Gasteiger partial charge in [-0.15, -0.1) is 15.3 Å². The van der Waals surface area contributed by atoms with Crippen LogP contribution >= 0.6 is 34.7 Å². The standard InChI is InChI=1S/C15H18ClN5S2/c16-12-6-4-5-11(9-12)10-22-15-20-21-13(7-2-1-3-8-17)18-19-14(21)23-15/h4-6,9H,1-3,7-8,10,17H2. The minimum absolute atomic E-state index is 0.746. The quantitative estimate of drug-likeness (QED) is 0.484. The molecule has 0 spiro atoms. The minimum atomic E-state index is 0.746. The van der Waals surface area contributed by atoms with E-state index in [9.17, 15) is 0 Å². The van der Waals surface area contributed by atoms with E-state index in [1.54, 1.807) is 23.1 Å². The summed E-state index contributed by atoms with van der Waals surface area (Å²) in [6.07, 6.45) is 4.13. The lowest BCUT2D eigenvalue weighted by molar-refractivity contribution is 0.654. The SMILES string of the molecule is NCCCCCc1nnc2sc(SCc3cccc(Cl)c3)nn12. The van der Waals surface area contributed by atoms with Crippen LogP contribution in [0.2, 0.25) is 5.02 Å². The molecule has 2 aromatic heterocycles. The molecule has 0 amide bonds. The number of rotatable bonds is 8. The maximum absolute atomic E-state index is 6.01. The van der Waals surface area contributed by atoms with Gasteiger partial charge in [-0.05, 0) is 37.1 Å². The van der Waals surface area contributed by atoms with Crippen LogP contribution in [0, 0.1) is 0 Å². The average Bonchev–Trinajstić information content (AvgIpc) is 3.10. The van der Waals surface area contributed by atoms with E-state index >= 15 is 0 Å².